The molecule has 1 rings (SSSR count). The molecule has 13 heavy (non-hydrogen) atoms. The average Bonchev–Trinajstić information content (AvgIpc) is 2.26. The molecule has 0 heterocycles. The number of rotatable bonds is 2. The first-order valence-electron chi connectivity index (χ1n) is 3.56. The minimum Gasteiger partial charge on any atom is -0.268 e. The van der Waals surface area contributed by atoms with Crippen LogP contribution < -0.4 is 5.36 Å². The molecule has 0 saturated heterocycles. The van der Waals surface area contributed by atoms with Crippen molar-refractivity contribution in [2.45, 2.75) is 0 Å². The maximum absolute atomic E-state index is 10.6. The van der Waals surface area contributed by atoms with Gasteiger partial charge in [-0.05, 0) is 12.1 Å². The zero-order valence-corrected chi connectivity index (χ0v) is 7.86. The van der Waals surface area contributed by atoms with E-state index in [-0.39, 0.29) is 0 Å². The van der Waals surface area contributed by atoms with Crippen LogP contribution in [-0.4, -0.2) is 14.7 Å². The van der Waals surface area contributed by atoms with Crippen molar-refractivity contribution in [1.82, 2.24) is 0 Å². The summed E-state index contributed by atoms with van der Waals surface area (Å²) in [4.78, 5) is 0. The third-order valence-corrected chi connectivity index (χ3v) is 1.49. The van der Waals surface area contributed by atoms with Crippen molar-refractivity contribution < 1.29 is 12.7 Å². The second-order valence-electron chi connectivity index (χ2n) is 2.40. The largest absolute Gasteiger partial charge is 0.325 e. The van der Waals surface area contributed by atoms with Crippen molar-refractivity contribution >= 4 is 10.1 Å². The molecule has 0 spiro atoms. The van der Waals surface area contributed by atoms with Gasteiger partial charge in [0, 0.05) is 0 Å². The fourth-order valence-corrected chi connectivity index (χ4v) is 0.885. The summed E-state index contributed by atoms with van der Waals surface area (Å²) in [6, 6.07) is 10.4. The highest BCUT2D eigenvalue weighted by molar-refractivity contribution is 7.85. The van der Waals surface area contributed by atoms with E-state index >= 15 is 0 Å². The van der Waals surface area contributed by atoms with Crippen LogP contribution in [0.1, 0.15) is 0 Å². The molecule has 0 aromatic heterocycles. The third kappa shape index (κ3) is 4.27. The Balaban J connectivity index is 2.98. The SMILES string of the molecule is CS(=O)(=O)ON=c1cccccc1. The van der Waals surface area contributed by atoms with Crippen LogP contribution in [0, 0.1) is 0 Å². The molecule has 1 aromatic rings. The van der Waals surface area contributed by atoms with Crippen LogP contribution in [0.3, 0.4) is 0 Å². The second-order valence-corrected chi connectivity index (χ2v) is 3.96. The fourth-order valence-electron chi connectivity index (χ4n) is 0.664. The Bertz CT molecular complexity index is 417. The van der Waals surface area contributed by atoms with Crippen LogP contribution >= 0.6 is 0 Å². The third-order valence-electron chi connectivity index (χ3n) is 1.15. The molecule has 0 unspecified atom stereocenters. The van der Waals surface area contributed by atoms with E-state index in [0.29, 0.717) is 5.36 Å². The fraction of sp³-hybridized carbons (Fsp3) is 0.125. The first-order valence-corrected chi connectivity index (χ1v) is 5.37. The molecule has 4 nitrogen and oxygen atoms in total. The van der Waals surface area contributed by atoms with Crippen LogP contribution in [0.15, 0.2) is 41.6 Å². The molecular formula is C8H9NO3S. The lowest BCUT2D eigenvalue weighted by molar-refractivity contribution is 0.329. The molecule has 0 saturated carbocycles. The predicted molar refractivity (Wildman–Crippen MR) is 47.9 cm³/mol. The predicted octanol–water partition coefficient (Wildman–Crippen LogP) is 0.478. The van der Waals surface area contributed by atoms with E-state index in [2.05, 4.69) is 9.44 Å². The van der Waals surface area contributed by atoms with Gasteiger partial charge in [0.05, 0.1) is 6.26 Å². The molecule has 0 fully saturated rings. The first-order chi connectivity index (χ1) is 6.08. The summed E-state index contributed by atoms with van der Waals surface area (Å²) in [5.74, 6) is 0. The summed E-state index contributed by atoms with van der Waals surface area (Å²) >= 11 is 0. The van der Waals surface area contributed by atoms with Crippen LogP contribution in [0.25, 0.3) is 0 Å². The van der Waals surface area contributed by atoms with Gasteiger partial charge < -0.3 is 0 Å². The quantitative estimate of drug-likeness (QED) is 0.651. The van der Waals surface area contributed by atoms with Crippen LogP contribution in [0.4, 0.5) is 0 Å². The number of hydrogen-bond acceptors (Lipinski definition) is 4. The van der Waals surface area contributed by atoms with Gasteiger partial charge in [-0.25, -0.2) is 0 Å². The molecule has 0 radical (unpaired) electrons. The Morgan fingerprint density at radius 2 is 1.69 bits per heavy atom. The molecule has 70 valence electrons. The zero-order valence-electron chi connectivity index (χ0n) is 7.04. The van der Waals surface area contributed by atoms with E-state index in [1.165, 1.54) is 0 Å². The Morgan fingerprint density at radius 1 is 1.15 bits per heavy atom. The molecule has 0 bridgehead atoms. The van der Waals surface area contributed by atoms with Crippen LogP contribution in [-0.2, 0) is 14.4 Å². The average molecular weight is 199 g/mol. The summed E-state index contributed by atoms with van der Waals surface area (Å²) in [7, 11) is -3.51. The molecular weight excluding hydrogens is 190 g/mol. The summed E-state index contributed by atoms with van der Waals surface area (Å²) in [6.07, 6.45) is 0.944. The van der Waals surface area contributed by atoms with Crippen molar-refractivity contribution in [3.63, 3.8) is 0 Å². The molecule has 0 atom stereocenters. The highest BCUT2D eigenvalue weighted by Crippen LogP contribution is 1.85. The highest BCUT2D eigenvalue weighted by atomic mass is 32.2. The minimum absolute atomic E-state index is 0.454. The van der Waals surface area contributed by atoms with Crippen LogP contribution in [0.2, 0.25) is 0 Å². The maximum Gasteiger partial charge on any atom is 0.325 e. The van der Waals surface area contributed by atoms with Gasteiger partial charge >= 0.3 is 10.1 Å². The highest BCUT2D eigenvalue weighted by Gasteiger charge is 1.96. The lowest BCUT2D eigenvalue weighted by Gasteiger charge is -1.89. The molecule has 0 aliphatic carbocycles. The molecule has 1 aromatic carbocycles. The number of nitrogens with zero attached hydrogens (tertiary/aromatic N) is 1. The van der Waals surface area contributed by atoms with Gasteiger partial charge in [-0.15, -0.1) is 0 Å². The van der Waals surface area contributed by atoms with Gasteiger partial charge in [0.2, 0.25) is 0 Å². The normalized spacial score (nSPS) is 10.5. The monoisotopic (exact) mass is 199 g/mol. The van der Waals surface area contributed by atoms with Crippen molar-refractivity contribution in [2.75, 3.05) is 6.26 Å². The van der Waals surface area contributed by atoms with Gasteiger partial charge in [0.15, 0.2) is 0 Å². The Kier molecular flexibility index (Phi) is 3.02. The Morgan fingerprint density at radius 3 is 2.15 bits per heavy atom. The smallest absolute Gasteiger partial charge is 0.268 e. The second kappa shape index (κ2) is 4.04. The first kappa shape index (κ1) is 9.73. The van der Waals surface area contributed by atoms with Crippen molar-refractivity contribution in [3.05, 3.63) is 41.8 Å². The zero-order chi connectivity index (χ0) is 9.73. The maximum atomic E-state index is 10.6. The lowest BCUT2D eigenvalue weighted by atomic mass is 10.5. The Labute approximate surface area is 76.6 Å². The summed E-state index contributed by atoms with van der Waals surface area (Å²) in [5.41, 5.74) is 0. The molecule has 5 heteroatoms. The van der Waals surface area contributed by atoms with Gasteiger partial charge in [0.25, 0.3) is 0 Å². The number of hydrogen-bond donors (Lipinski definition) is 0. The molecule has 0 amide bonds. The van der Waals surface area contributed by atoms with Crippen molar-refractivity contribution in [1.29, 1.82) is 0 Å². The van der Waals surface area contributed by atoms with Crippen LogP contribution in [0.5, 0.6) is 0 Å². The van der Waals surface area contributed by atoms with Gasteiger partial charge in [-0.2, -0.15) is 8.42 Å². The molecule has 0 aliphatic heterocycles. The summed E-state index contributed by atoms with van der Waals surface area (Å²) in [6.45, 7) is 0. The van der Waals surface area contributed by atoms with E-state index in [1.54, 1.807) is 36.4 Å². The van der Waals surface area contributed by atoms with Gasteiger partial charge in [-0.3, -0.25) is 4.28 Å². The summed E-state index contributed by atoms with van der Waals surface area (Å²) in [5, 5.41) is 3.88. The molecule has 0 N–H and O–H groups in total. The van der Waals surface area contributed by atoms with E-state index in [9.17, 15) is 8.42 Å². The van der Waals surface area contributed by atoms with E-state index in [0.717, 1.165) is 6.26 Å². The summed E-state index contributed by atoms with van der Waals surface area (Å²) < 4.78 is 25.4. The Hall–Kier alpha value is -1.36. The van der Waals surface area contributed by atoms with Crippen molar-refractivity contribution in [2.24, 2.45) is 5.16 Å². The standard InChI is InChI=1S/C8H9NO3S/c1-13(10,11)12-9-8-6-4-2-3-5-7-8/h2-7H,1H3. The van der Waals surface area contributed by atoms with E-state index in [4.69, 9.17) is 0 Å². The topological polar surface area (TPSA) is 55.7 Å². The van der Waals surface area contributed by atoms with E-state index in [1.807, 2.05) is 0 Å². The van der Waals surface area contributed by atoms with Gasteiger partial charge in [0.1, 0.15) is 5.36 Å². The minimum atomic E-state index is -3.51. The van der Waals surface area contributed by atoms with Gasteiger partial charge in [-0.1, -0.05) is 29.4 Å². The van der Waals surface area contributed by atoms with E-state index < -0.39 is 10.1 Å². The lowest BCUT2D eigenvalue weighted by Crippen LogP contribution is -2.03. The molecule has 0 aliphatic rings. The van der Waals surface area contributed by atoms with Crippen molar-refractivity contribution in [3.8, 4) is 0 Å².